The molecule has 7 nitrogen and oxygen atoms in total. The van der Waals surface area contributed by atoms with E-state index in [1.165, 1.54) is 13.8 Å². The maximum absolute atomic E-state index is 12.6. The van der Waals surface area contributed by atoms with Gasteiger partial charge in [-0.05, 0) is 32.6 Å². The predicted octanol–water partition coefficient (Wildman–Crippen LogP) is 1.01. The van der Waals surface area contributed by atoms with Crippen molar-refractivity contribution in [3.8, 4) is 0 Å². The minimum Gasteiger partial charge on any atom is -0.453 e. The predicted molar refractivity (Wildman–Crippen MR) is 76.8 cm³/mol. The lowest BCUT2D eigenvalue weighted by Gasteiger charge is -2.36. The summed E-state index contributed by atoms with van der Waals surface area (Å²) in [6, 6.07) is -0.564. The van der Waals surface area contributed by atoms with Gasteiger partial charge in [0, 0.05) is 0 Å². The van der Waals surface area contributed by atoms with Crippen LogP contribution < -0.4 is 5.32 Å². The molecule has 3 atom stereocenters. The number of esters is 1. The van der Waals surface area contributed by atoms with Crippen LogP contribution in [0.5, 0.6) is 0 Å². The molecule has 0 aromatic carbocycles. The van der Waals surface area contributed by atoms with Crippen LogP contribution in [-0.2, 0) is 19.1 Å². The van der Waals surface area contributed by atoms with Crippen LogP contribution in [0.15, 0.2) is 0 Å². The third-order valence-electron chi connectivity index (χ3n) is 4.67. The van der Waals surface area contributed by atoms with Crippen molar-refractivity contribution in [2.24, 2.45) is 5.92 Å². The highest BCUT2D eigenvalue weighted by molar-refractivity contribution is 6.09. The summed E-state index contributed by atoms with van der Waals surface area (Å²) in [6.07, 6.45) is 2.48. The number of urea groups is 1. The van der Waals surface area contributed by atoms with E-state index in [0.29, 0.717) is 6.42 Å². The first kappa shape index (κ1) is 16.5. The molecule has 1 N–H and O–H groups in total. The Labute approximate surface area is 129 Å². The van der Waals surface area contributed by atoms with Crippen LogP contribution in [0.1, 0.15) is 46.5 Å². The highest BCUT2D eigenvalue weighted by Crippen LogP contribution is 2.38. The number of nitrogens with one attached hydrogen (secondary N) is 1. The van der Waals surface area contributed by atoms with Gasteiger partial charge < -0.3 is 10.1 Å². The first-order valence-electron chi connectivity index (χ1n) is 7.62. The molecule has 3 amide bonds. The molecule has 1 spiro atoms. The van der Waals surface area contributed by atoms with Crippen molar-refractivity contribution >= 4 is 23.7 Å². The second-order valence-corrected chi connectivity index (χ2v) is 6.18. The summed E-state index contributed by atoms with van der Waals surface area (Å²) in [5.74, 6) is -1.37. The summed E-state index contributed by atoms with van der Waals surface area (Å²) >= 11 is 0. The van der Waals surface area contributed by atoms with Crippen LogP contribution in [0.2, 0.25) is 0 Å². The highest BCUT2D eigenvalue weighted by atomic mass is 16.5. The molecule has 122 valence electrons. The third kappa shape index (κ3) is 2.84. The average Bonchev–Trinajstić information content (AvgIpc) is 2.67. The number of carbonyl (C=O) groups excluding carboxylic acids is 4. The quantitative estimate of drug-likeness (QED) is 0.618. The Morgan fingerprint density at radius 3 is 2.68 bits per heavy atom. The van der Waals surface area contributed by atoms with Gasteiger partial charge >= 0.3 is 12.0 Å². The van der Waals surface area contributed by atoms with E-state index in [2.05, 4.69) is 5.32 Å². The summed E-state index contributed by atoms with van der Waals surface area (Å²) in [5, 5.41) is 2.76. The standard InChI is InChI=1S/C15H22N2O5/c1-9-6-4-5-7-15(9)13(20)17(14(21)16-15)8-12(19)22-11(3)10(2)18/h9,11H,4-8H2,1-3H3,(H,16,21)/t9-,11+,15-/m1/s1. The first-order valence-corrected chi connectivity index (χ1v) is 7.62. The molecular weight excluding hydrogens is 288 g/mol. The topological polar surface area (TPSA) is 92.8 Å². The maximum Gasteiger partial charge on any atom is 0.326 e. The number of carbonyl (C=O) groups is 4. The van der Waals surface area contributed by atoms with E-state index in [0.717, 1.165) is 24.2 Å². The molecular formula is C15H22N2O5. The van der Waals surface area contributed by atoms with Gasteiger partial charge in [0.05, 0.1) is 0 Å². The normalized spacial score (nSPS) is 29.4. The molecule has 0 unspecified atom stereocenters. The fraction of sp³-hybridized carbons (Fsp3) is 0.733. The Bertz CT molecular complexity index is 518. The van der Waals surface area contributed by atoms with E-state index in [1.54, 1.807) is 0 Å². The molecule has 1 aliphatic carbocycles. The number of imide groups is 1. The van der Waals surface area contributed by atoms with Gasteiger partial charge in [0.2, 0.25) is 0 Å². The molecule has 0 aromatic heterocycles. The number of rotatable bonds is 4. The monoisotopic (exact) mass is 310 g/mol. The Morgan fingerprint density at radius 1 is 1.41 bits per heavy atom. The SMILES string of the molecule is CC(=O)[C@H](C)OC(=O)CN1C(=O)N[C@@]2(CCCC[C@H]2C)C1=O. The van der Waals surface area contributed by atoms with E-state index in [1.807, 2.05) is 6.92 Å². The molecule has 1 saturated heterocycles. The van der Waals surface area contributed by atoms with E-state index < -0.39 is 30.2 Å². The van der Waals surface area contributed by atoms with Crippen LogP contribution in [0.25, 0.3) is 0 Å². The molecule has 0 bridgehead atoms. The minimum absolute atomic E-state index is 0.0369. The smallest absolute Gasteiger partial charge is 0.326 e. The van der Waals surface area contributed by atoms with Gasteiger partial charge in [0.25, 0.3) is 5.91 Å². The summed E-state index contributed by atoms with van der Waals surface area (Å²) in [4.78, 5) is 48.5. The fourth-order valence-corrected chi connectivity index (χ4v) is 3.09. The second kappa shape index (κ2) is 6.06. The number of hydrogen-bond acceptors (Lipinski definition) is 5. The van der Waals surface area contributed by atoms with Gasteiger partial charge in [-0.15, -0.1) is 0 Å². The zero-order valence-electron chi connectivity index (χ0n) is 13.2. The van der Waals surface area contributed by atoms with Crippen LogP contribution in [0, 0.1) is 5.92 Å². The van der Waals surface area contributed by atoms with E-state index in [9.17, 15) is 19.2 Å². The Hall–Kier alpha value is -1.92. The Balaban J connectivity index is 2.06. The van der Waals surface area contributed by atoms with Crippen LogP contribution in [0.3, 0.4) is 0 Å². The van der Waals surface area contributed by atoms with Gasteiger partial charge in [-0.25, -0.2) is 4.79 Å². The molecule has 7 heteroatoms. The van der Waals surface area contributed by atoms with Crippen molar-refractivity contribution < 1.29 is 23.9 Å². The van der Waals surface area contributed by atoms with Crippen molar-refractivity contribution in [1.82, 2.24) is 10.2 Å². The second-order valence-electron chi connectivity index (χ2n) is 6.18. The van der Waals surface area contributed by atoms with Gasteiger partial charge in [-0.1, -0.05) is 19.8 Å². The maximum atomic E-state index is 12.6. The number of ether oxygens (including phenoxy) is 1. The van der Waals surface area contributed by atoms with Crippen molar-refractivity contribution in [2.75, 3.05) is 6.54 Å². The fourth-order valence-electron chi connectivity index (χ4n) is 3.09. The summed E-state index contributed by atoms with van der Waals surface area (Å²) < 4.78 is 4.91. The molecule has 0 radical (unpaired) electrons. The van der Waals surface area contributed by atoms with Gasteiger partial charge in [-0.2, -0.15) is 0 Å². The minimum atomic E-state index is -0.887. The molecule has 2 fully saturated rings. The lowest BCUT2D eigenvalue weighted by atomic mass is 9.73. The molecule has 1 saturated carbocycles. The van der Waals surface area contributed by atoms with Crippen LogP contribution in [-0.4, -0.2) is 46.8 Å². The number of hydrogen-bond donors (Lipinski definition) is 1. The van der Waals surface area contributed by atoms with Gasteiger partial charge in [-0.3, -0.25) is 19.3 Å². The van der Waals surface area contributed by atoms with Gasteiger partial charge in [0.1, 0.15) is 12.1 Å². The molecule has 2 rings (SSSR count). The van der Waals surface area contributed by atoms with E-state index in [-0.39, 0.29) is 17.6 Å². The van der Waals surface area contributed by atoms with Gasteiger partial charge in [0.15, 0.2) is 11.9 Å². The summed E-state index contributed by atoms with van der Waals surface area (Å²) in [7, 11) is 0. The average molecular weight is 310 g/mol. The lowest BCUT2D eigenvalue weighted by Crippen LogP contribution is -2.54. The molecule has 22 heavy (non-hydrogen) atoms. The molecule has 1 aliphatic heterocycles. The zero-order valence-corrected chi connectivity index (χ0v) is 13.2. The van der Waals surface area contributed by atoms with E-state index >= 15 is 0 Å². The first-order chi connectivity index (χ1) is 10.3. The summed E-state index contributed by atoms with van der Waals surface area (Å²) in [5.41, 5.74) is -0.887. The van der Waals surface area contributed by atoms with Crippen LogP contribution in [0.4, 0.5) is 4.79 Å². The van der Waals surface area contributed by atoms with Crippen molar-refractivity contribution in [3.63, 3.8) is 0 Å². The zero-order chi connectivity index (χ0) is 16.5. The molecule has 1 heterocycles. The Kier molecular flexibility index (Phi) is 4.53. The van der Waals surface area contributed by atoms with Crippen molar-refractivity contribution in [1.29, 1.82) is 0 Å². The number of nitrogens with zero attached hydrogens (tertiary/aromatic N) is 1. The number of ketones is 1. The Morgan fingerprint density at radius 2 is 2.09 bits per heavy atom. The highest BCUT2D eigenvalue weighted by Gasteiger charge is 2.55. The lowest BCUT2D eigenvalue weighted by molar-refractivity contribution is -0.155. The van der Waals surface area contributed by atoms with Crippen molar-refractivity contribution in [2.45, 2.75) is 58.1 Å². The van der Waals surface area contributed by atoms with Crippen LogP contribution >= 0.6 is 0 Å². The number of amides is 3. The van der Waals surface area contributed by atoms with Crippen molar-refractivity contribution in [3.05, 3.63) is 0 Å². The molecule has 0 aromatic rings. The largest absolute Gasteiger partial charge is 0.453 e. The molecule has 2 aliphatic rings. The van der Waals surface area contributed by atoms with E-state index in [4.69, 9.17) is 4.74 Å². The summed E-state index contributed by atoms with van der Waals surface area (Å²) in [6.45, 7) is 4.24. The number of Topliss-reactive ketones (excluding diaryl/α,β-unsaturated/α-hetero) is 1. The third-order valence-corrected chi connectivity index (χ3v) is 4.67.